The van der Waals surface area contributed by atoms with Crippen molar-refractivity contribution in [3.8, 4) is 0 Å². The number of carbonyl (C=O) groups is 1. The van der Waals surface area contributed by atoms with Crippen molar-refractivity contribution in [2.24, 2.45) is 0 Å². The van der Waals surface area contributed by atoms with Crippen molar-refractivity contribution in [2.75, 3.05) is 11.1 Å². The molecule has 0 aliphatic rings. The van der Waals surface area contributed by atoms with Gasteiger partial charge in [0, 0.05) is 10.6 Å². The molecular weight excluding hydrogens is 290 g/mol. The van der Waals surface area contributed by atoms with E-state index in [1.54, 1.807) is 0 Å². The Morgan fingerprint density at radius 2 is 1.82 bits per heavy atom. The van der Waals surface area contributed by atoms with Gasteiger partial charge in [-0.05, 0) is 50.1 Å². The summed E-state index contributed by atoms with van der Waals surface area (Å²) in [4.78, 5) is 12.7. The molecule has 120 valence electrons. The van der Waals surface area contributed by atoms with Gasteiger partial charge in [0.15, 0.2) is 0 Å². The van der Waals surface area contributed by atoms with E-state index < -0.39 is 0 Å². The lowest BCUT2D eigenvalue weighted by Crippen LogP contribution is -2.14. The summed E-state index contributed by atoms with van der Waals surface area (Å²) in [5.74, 6) is 0.329. The second kappa shape index (κ2) is 10.9. The van der Waals surface area contributed by atoms with Gasteiger partial charge < -0.3 is 5.32 Å². The third-order valence-electron chi connectivity index (χ3n) is 2.73. The summed E-state index contributed by atoms with van der Waals surface area (Å²) in [6.07, 6.45) is 3.76. The predicted octanol–water partition coefficient (Wildman–Crippen LogP) is 5.65. The smallest absolute Gasteiger partial charge is 0.234 e. The van der Waals surface area contributed by atoms with Crippen LogP contribution in [-0.2, 0) is 4.79 Å². The highest BCUT2D eigenvalue weighted by molar-refractivity contribution is 8.03. The largest absolute Gasteiger partial charge is 0.325 e. The van der Waals surface area contributed by atoms with Crippen molar-refractivity contribution < 1.29 is 4.79 Å². The molecule has 0 unspecified atom stereocenters. The zero-order chi connectivity index (χ0) is 17.1. The molecule has 0 spiro atoms. The summed E-state index contributed by atoms with van der Waals surface area (Å²) >= 11 is 1.42. The number of benzene rings is 1. The second-order valence-corrected chi connectivity index (χ2v) is 5.88. The van der Waals surface area contributed by atoms with Gasteiger partial charge in [-0.3, -0.25) is 4.79 Å². The number of hydrogen-bond acceptors (Lipinski definition) is 2. The molecule has 0 heterocycles. The zero-order valence-electron chi connectivity index (χ0n) is 14.3. The summed E-state index contributed by atoms with van der Waals surface area (Å²) in [5.41, 5.74) is 4.19. The summed E-state index contributed by atoms with van der Waals surface area (Å²) in [5, 5.41) is 2.89. The third-order valence-corrected chi connectivity index (χ3v) is 3.65. The van der Waals surface area contributed by atoms with Gasteiger partial charge in [0.05, 0.1) is 5.75 Å². The van der Waals surface area contributed by atoms with Gasteiger partial charge in [0.1, 0.15) is 0 Å². The highest BCUT2D eigenvalue weighted by atomic mass is 32.2. The molecule has 0 bridgehead atoms. The molecule has 3 heteroatoms. The van der Waals surface area contributed by atoms with Gasteiger partial charge in [0.25, 0.3) is 0 Å². The molecule has 0 aromatic heterocycles. The molecule has 0 fully saturated rings. The summed E-state index contributed by atoms with van der Waals surface area (Å²) < 4.78 is 0. The lowest BCUT2D eigenvalue weighted by Gasteiger charge is -2.07. The Morgan fingerprint density at radius 1 is 1.18 bits per heavy atom. The van der Waals surface area contributed by atoms with Gasteiger partial charge in [-0.2, -0.15) is 0 Å². The van der Waals surface area contributed by atoms with Crippen LogP contribution in [0.2, 0.25) is 0 Å². The van der Waals surface area contributed by atoms with Gasteiger partial charge in [-0.15, -0.1) is 11.8 Å². The quantitative estimate of drug-likeness (QED) is 0.687. The fourth-order valence-electron chi connectivity index (χ4n) is 1.46. The van der Waals surface area contributed by atoms with E-state index in [2.05, 4.69) is 25.4 Å². The van der Waals surface area contributed by atoms with Crippen LogP contribution in [0.5, 0.6) is 0 Å². The fourth-order valence-corrected chi connectivity index (χ4v) is 2.01. The highest BCUT2D eigenvalue weighted by Crippen LogP contribution is 2.17. The Balaban J connectivity index is 0.00000211. The lowest BCUT2D eigenvalue weighted by molar-refractivity contribution is -0.113. The maximum Gasteiger partial charge on any atom is 0.234 e. The minimum Gasteiger partial charge on any atom is -0.325 e. The van der Waals surface area contributed by atoms with Gasteiger partial charge in [-0.25, -0.2) is 0 Å². The van der Waals surface area contributed by atoms with Crippen molar-refractivity contribution in [3.05, 3.63) is 65.1 Å². The normalized spacial score (nSPS) is 9.86. The van der Waals surface area contributed by atoms with Crippen LogP contribution in [0.4, 0.5) is 5.69 Å². The third kappa shape index (κ3) is 8.53. The van der Waals surface area contributed by atoms with Crippen LogP contribution in [-0.4, -0.2) is 11.7 Å². The van der Waals surface area contributed by atoms with Crippen molar-refractivity contribution >= 4 is 23.4 Å². The number of rotatable bonds is 6. The molecule has 0 atom stereocenters. The van der Waals surface area contributed by atoms with Gasteiger partial charge in [0.2, 0.25) is 5.91 Å². The minimum absolute atomic E-state index is 0.0249. The number of thioether (sulfide) groups is 1. The first-order valence-corrected chi connectivity index (χ1v) is 8.39. The van der Waals surface area contributed by atoms with E-state index in [0.717, 1.165) is 16.2 Å². The molecular formula is C19H27NOS. The molecule has 1 rings (SSSR count). The first-order chi connectivity index (χ1) is 10.4. The van der Waals surface area contributed by atoms with E-state index >= 15 is 0 Å². The molecule has 22 heavy (non-hydrogen) atoms. The molecule has 1 aromatic rings. The lowest BCUT2D eigenvalue weighted by atomic mass is 10.1. The Morgan fingerprint density at radius 3 is 2.36 bits per heavy atom. The Labute approximate surface area is 139 Å². The van der Waals surface area contributed by atoms with Gasteiger partial charge in [-0.1, -0.05) is 44.7 Å². The summed E-state index contributed by atoms with van der Waals surface area (Å²) in [7, 11) is 0. The molecule has 1 aromatic carbocycles. The number of nitrogens with one attached hydrogen (secondary N) is 1. The number of aryl methyl sites for hydroxylation is 2. The zero-order valence-corrected chi connectivity index (χ0v) is 15.1. The Kier molecular flexibility index (Phi) is 10.0. The average molecular weight is 317 g/mol. The van der Waals surface area contributed by atoms with E-state index in [9.17, 15) is 4.79 Å². The number of hydrogen-bond donors (Lipinski definition) is 1. The van der Waals surface area contributed by atoms with E-state index in [1.807, 2.05) is 58.0 Å². The maximum absolute atomic E-state index is 11.8. The van der Waals surface area contributed by atoms with Crippen LogP contribution in [0.15, 0.2) is 54.0 Å². The van der Waals surface area contributed by atoms with Crippen molar-refractivity contribution in [1.82, 2.24) is 0 Å². The number of allylic oxidation sites excluding steroid dienone is 3. The maximum atomic E-state index is 11.8. The fraction of sp³-hybridized carbons (Fsp3) is 0.316. The summed E-state index contributed by atoms with van der Waals surface area (Å²) in [6, 6.07) is 5.90. The number of anilines is 1. The van der Waals surface area contributed by atoms with Crippen molar-refractivity contribution in [2.45, 2.75) is 34.6 Å². The molecule has 2 nitrogen and oxygen atoms in total. The highest BCUT2D eigenvalue weighted by Gasteiger charge is 2.04. The van der Waals surface area contributed by atoms with Crippen molar-refractivity contribution in [3.63, 3.8) is 0 Å². The van der Waals surface area contributed by atoms with Gasteiger partial charge >= 0.3 is 0 Å². The van der Waals surface area contributed by atoms with E-state index in [-0.39, 0.29) is 5.91 Å². The molecule has 0 saturated carbocycles. The van der Waals surface area contributed by atoms with Crippen LogP contribution in [0, 0.1) is 13.8 Å². The Hall–Kier alpha value is -1.74. The van der Waals surface area contributed by atoms with E-state index in [1.165, 1.54) is 22.9 Å². The monoisotopic (exact) mass is 317 g/mol. The topological polar surface area (TPSA) is 29.1 Å². The first kappa shape index (κ1) is 20.3. The summed E-state index contributed by atoms with van der Waals surface area (Å²) in [6.45, 7) is 17.7. The predicted molar refractivity (Wildman–Crippen MR) is 101 cm³/mol. The molecule has 0 saturated heterocycles. The standard InChI is InChI=1S/C17H21NOS.C2H6/c1-12(2)6-8-15(5)20-11-17(19)18-16-9-7-13(3)14(4)10-16;1-2/h6-10H,1,5,11H2,2-4H3,(H,18,19);1-2H3/b8-6-;. The first-order valence-electron chi connectivity index (χ1n) is 7.41. The molecule has 1 amide bonds. The van der Waals surface area contributed by atoms with E-state index in [4.69, 9.17) is 0 Å². The van der Waals surface area contributed by atoms with Crippen LogP contribution in [0.3, 0.4) is 0 Å². The Bertz CT molecular complexity index is 559. The second-order valence-electron chi connectivity index (χ2n) is 4.78. The SMILES string of the molecule is C=C(C)/C=C\C(=C)SCC(=O)Nc1ccc(C)c(C)c1.CC. The van der Waals surface area contributed by atoms with E-state index in [0.29, 0.717) is 5.75 Å². The molecule has 0 aliphatic carbocycles. The van der Waals surface area contributed by atoms with Crippen LogP contribution in [0.1, 0.15) is 31.9 Å². The number of carbonyl (C=O) groups excluding carboxylic acids is 1. The minimum atomic E-state index is -0.0249. The van der Waals surface area contributed by atoms with Crippen molar-refractivity contribution in [1.29, 1.82) is 0 Å². The molecule has 0 aliphatic heterocycles. The molecule has 1 N–H and O–H groups in total. The van der Waals surface area contributed by atoms with Crippen LogP contribution >= 0.6 is 11.8 Å². The average Bonchev–Trinajstić information content (AvgIpc) is 2.49. The van der Waals surface area contributed by atoms with Crippen LogP contribution < -0.4 is 5.32 Å². The number of amides is 1. The van der Waals surface area contributed by atoms with Crippen LogP contribution in [0.25, 0.3) is 0 Å². The molecule has 0 radical (unpaired) electrons.